The van der Waals surface area contributed by atoms with E-state index >= 15 is 0 Å². The highest BCUT2D eigenvalue weighted by molar-refractivity contribution is 7.92. The Kier molecular flexibility index (Phi) is 11.0. The maximum atomic E-state index is 14.0. The predicted octanol–water partition coefficient (Wildman–Crippen LogP) is 6.05. The van der Waals surface area contributed by atoms with Gasteiger partial charge < -0.3 is 10.2 Å². The molecule has 0 fully saturated rings. The average Bonchev–Trinajstić information content (AvgIpc) is 2.93. The van der Waals surface area contributed by atoms with Gasteiger partial charge in [0.05, 0.1) is 15.6 Å². The first-order valence-electron chi connectivity index (χ1n) is 12.8. The summed E-state index contributed by atoms with van der Waals surface area (Å²) in [5.74, 6) is -1.45. The van der Waals surface area contributed by atoms with E-state index in [9.17, 15) is 22.4 Å². The van der Waals surface area contributed by atoms with E-state index < -0.39 is 34.3 Å². The summed E-state index contributed by atoms with van der Waals surface area (Å²) >= 11 is 12.5. The summed E-state index contributed by atoms with van der Waals surface area (Å²) in [6.07, 6.45) is 0.953. The van der Waals surface area contributed by atoms with E-state index in [1.807, 2.05) is 13.8 Å². The maximum absolute atomic E-state index is 14.0. The zero-order valence-corrected chi connectivity index (χ0v) is 24.8. The third-order valence-corrected chi connectivity index (χ3v) is 8.75. The van der Waals surface area contributed by atoms with E-state index in [0.29, 0.717) is 17.0 Å². The van der Waals surface area contributed by atoms with Gasteiger partial charge in [0.15, 0.2) is 0 Å². The van der Waals surface area contributed by atoms with E-state index in [4.69, 9.17) is 23.2 Å². The highest BCUT2D eigenvalue weighted by Crippen LogP contribution is 2.33. The molecule has 0 spiro atoms. The molecule has 3 aromatic rings. The van der Waals surface area contributed by atoms with Crippen molar-refractivity contribution in [3.63, 3.8) is 0 Å². The Morgan fingerprint density at radius 1 is 0.950 bits per heavy atom. The molecule has 2 atom stereocenters. The molecule has 3 rings (SSSR count). The standard InChI is InChI=1S/C29H32Cl2FN3O4S/c1-4-20(3)33-29(37)26(5-2)34(18-21-11-14-23(32)15-12-21)28(36)19-35(27-16-13-22(30)17-25(27)31)40(38,39)24-9-7-6-8-10-24/h6-17,20,26H,4-5,18-19H2,1-3H3,(H,33,37)/t20-,26-/m0/s1. The van der Waals surface area contributed by atoms with Crippen molar-refractivity contribution < 1.29 is 22.4 Å². The first kappa shape index (κ1) is 31.4. The average molecular weight is 609 g/mol. The first-order valence-corrected chi connectivity index (χ1v) is 15.0. The van der Waals surface area contributed by atoms with Gasteiger partial charge in [-0.05, 0) is 67.8 Å². The number of rotatable bonds is 12. The molecule has 0 aliphatic rings. The van der Waals surface area contributed by atoms with Gasteiger partial charge >= 0.3 is 0 Å². The largest absolute Gasteiger partial charge is 0.352 e. The first-order chi connectivity index (χ1) is 19.0. The molecule has 40 heavy (non-hydrogen) atoms. The minimum absolute atomic E-state index is 0.0337. The summed E-state index contributed by atoms with van der Waals surface area (Å²) in [6, 6.07) is 16.5. The maximum Gasteiger partial charge on any atom is 0.264 e. The number of nitrogens with zero attached hydrogens (tertiary/aromatic N) is 2. The van der Waals surface area contributed by atoms with Crippen LogP contribution in [0.15, 0.2) is 77.7 Å². The third kappa shape index (κ3) is 7.74. The molecule has 0 aromatic heterocycles. The summed E-state index contributed by atoms with van der Waals surface area (Å²) in [5, 5.41) is 3.23. The van der Waals surface area contributed by atoms with Crippen LogP contribution in [0.4, 0.5) is 10.1 Å². The summed E-state index contributed by atoms with van der Waals surface area (Å²) < 4.78 is 42.2. The van der Waals surface area contributed by atoms with Crippen molar-refractivity contribution in [3.8, 4) is 0 Å². The topological polar surface area (TPSA) is 86.8 Å². The second-order valence-corrected chi connectivity index (χ2v) is 12.0. The summed E-state index contributed by atoms with van der Waals surface area (Å²) in [4.78, 5) is 28.6. The molecule has 0 aliphatic carbocycles. The molecule has 0 saturated heterocycles. The van der Waals surface area contributed by atoms with Crippen molar-refractivity contribution in [1.29, 1.82) is 0 Å². The number of carbonyl (C=O) groups excluding carboxylic acids is 2. The fourth-order valence-electron chi connectivity index (χ4n) is 4.06. The lowest BCUT2D eigenvalue weighted by atomic mass is 10.1. The lowest BCUT2D eigenvalue weighted by molar-refractivity contribution is -0.140. The van der Waals surface area contributed by atoms with Crippen molar-refractivity contribution in [1.82, 2.24) is 10.2 Å². The normalized spacial score (nSPS) is 12.8. The number of benzene rings is 3. The molecular formula is C29H32Cl2FN3O4S. The number of anilines is 1. The number of halogens is 3. The van der Waals surface area contributed by atoms with Crippen LogP contribution in [0.2, 0.25) is 10.0 Å². The molecule has 2 amide bonds. The quantitative estimate of drug-likeness (QED) is 0.271. The number of hydrogen-bond acceptors (Lipinski definition) is 4. The van der Waals surface area contributed by atoms with E-state index in [2.05, 4.69) is 5.32 Å². The van der Waals surface area contributed by atoms with Gasteiger partial charge in [0.2, 0.25) is 11.8 Å². The van der Waals surface area contributed by atoms with Gasteiger partial charge in [0.25, 0.3) is 10.0 Å². The second kappa shape index (κ2) is 14.0. The molecule has 0 radical (unpaired) electrons. The Labute approximate surface area is 244 Å². The molecular weight excluding hydrogens is 576 g/mol. The van der Waals surface area contributed by atoms with Gasteiger partial charge in [-0.15, -0.1) is 0 Å². The molecule has 0 unspecified atom stereocenters. The summed E-state index contributed by atoms with van der Waals surface area (Å²) in [7, 11) is -4.26. The fourth-order valence-corrected chi connectivity index (χ4v) is 6.08. The second-order valence-electron chi connectivity index (χ2n) is 9.31. The third-order valence-electron chi connectivity index (χ3n) is 6.44. The van der Waals surface area contributed by atoms with Gasteiger partial charge in [0.1, 0.15) is 18.4 Å². The van der Waals surface area contributed by atoms with Gasteiger partial charge in [0, 0.05) is 17.6 Å². The fraction of sp³-hybridized carbons (Fsp3) is 0.310. The summed E-state index contributed by atoms with van der Waals surface area (Å²) in [6.45, 7) is 4.86. The van der Waals surface area contributed by atoms with Crippen LogP contribution < -0.4 is 9.62 Å². The van der Waals surface area contributed by atoms with Crippen LogP contribution in [-0.2, 0) is 26.2 Å². The number of hydrogen-bond donors (Lipinski definition) is 1. The zero-order chi connectivity index (χ0) is 29.4. The van der Waals surface area contributed by atoms with Crippen molar-refractivity contribution in [2.75, 3.05) is 10.8 Å². The molecule has 11 heteroatoms. The molecule has 3 aromatic carbocycles. The predicted molar refractivity (Wildman–Crippen MR) is 156 cm³/mol. The Morgan fingerprint density at radius 3 is 2.17 bits per heavy atom. The zero-order valence-electron chi connectivity index (χ0n) is 22.5. The van der Waals surface area contributed by atoms with Crippen LogP contribution in [0.25, 0.3) is 0 Å². The smallest absolute Gasteiger partial charge is 0.264 e. The molecule has 0 bridgehead atoms. The lowest BCUT2D eigenvalue weighted by Gasteiger charge is -2.34. The minimum atomic E-state index is -4.26. The van der Waals surface area contributed by atoms with Crippen LogP contribution in [0, 0.1) is 5.82 Å². The highest BCUT2D eigenvalue weighted by Gasteiger charge is 2.34. The van der Waals surface area contributed by atoms with Gasteiger partial charge in [-0.25, -0.2) is 12.8 Å². The molecule has 1 N–H and O–H groups in total. The van der Waals surface area contributed by atoms with Crippen molar-refractivity contribution in [2.24, 2.45) is 0 Å². The van der Waals surface area contributed by atoms with Crippen molar-refractivity contribution in [2.45, 2.75) is 57.1 Å². The Balaban J connectivity index is 2.07. The molecule has 214 valence electrons. The van der Waals surface area contributed by atoms with E-state index in [0.717, 1.165) is 4.31 Å². The van der Waals surface area contributed by atoms with Gasteiger partial charge in [-0.3, -0.25) is 13.9 Å². The molecule has 0 heterocycles. The van der Waals surface area contributed by atoms with Crippen LogP contribution >= 0.6 is 23.2 Å². The summed E-state index contributed by atoms with van der Waals surface area (Å²) in [5.41, 5.74) is 0.633. The number of carbonyl (C=O) groups is 2. The van der Waals surface area contributed by atoms with Crippen LogP contribution in [0.1, 0.15) is 39.2 Å². The number of nitrogens with one attached hydrogen (secondary N) is 1. The number of amides is 2. The minimum Gasteiger partial charge on any atom is -0.352 e. The van der Waals surface area contributed by atoms with Crippen molar-refractivity contribution >= 4 is 50.7 Å². The van der Waals surface area contributed by atoms with E-state index in [1.165, 1.54) is 59.5 Å². The van der Waals surface area contributed by atoms with Gasteiger partial charge in [-0.2, -0.15) is 0 Å². The van der Waals surface area contributed by atoms with Crippen molar-refractivity contribution in [3.05, 3.63) is 94.2 Å². The van der Waals surface area contributed by atoms with Gasteiger partial charge in [-0.1, -0.05) is 67.4 Å². The molecule has 0 aliphatic heterocycles. The Bertz CT molecular complexity index is 1420. The van der Waals surface area contributed by atoms with E-state index in [-0.39, 0.29) is 40.5 Å². The SMILES string of the molecule is CC[C@H](C)NC(=O)[C@H](CC)N(Cc1ccc(F)cc1)C(=O)CN(c1ccc(Cl)cc1Cl)S(=O)(=O)c1ccccc1. The highest BCUT2D eigenvalue weighted by atomic mass is 35.5. The number of sulfonamides is 1. The Morgan fingerprint density at radius 2 is 1.60 bits per heavy atom. The van der Waals surface area contributed by atoms with E-state index in [1.54, 1.807) is 25.1 Å². The monoisotopic (exact) mass is 607 g/mol. The molecule has 0 saturated carbocycles. The lowest BCUT2D eigenvalue weighted by Crippen LogP contribution is -2.53. The van der Waals surface area contributed by atoms with Crippen LogP contribution in [0.5, 0.6) is 0 Å². The molecule has 7 nitrogen and oxygen atoms in total. The van der Waals surface area contributed by atoms with Crippen LogP contribution in [0.3, 0.4) is 0 Å². The van der Waals surface area contributed by atoms with Crippen LogP contribution in [-0.4, -0.2) is 43.8 Å². The Hall–Kier alpha value is -3.14.